The number of halogens is 2. The van der Waals surface area contributed by atoms with E-state index in [4.69, 9.17) is 15.8 Å². The number of hydrogen-bond acceptors (Lipinski definition) is 7. The van der Waals surface area contributed by atoms with Gasteiger partial charge in [0.15, 0.2) is 5.75 Å². The second-order valence-electron chi connectivity index (χ2n) is 6.18. The van der Waals surface area contributed by atoms with Crippen LogP contribution in [0.15, 0.2) is 81.2 Å². The number of carbonyl (C=O) groups excluding carboxylic acids is 1. The van der Waals surface area contributed by atoms with E-state index < -0.39 is 26.6 Å². The fourth-order valence-electron chi connectivity index (χ4n) is 2.47. The Balaban J connectivity index is 1.83. The molecule has 0 saturated carbocycles. The number of benzene rings is 3. The first kappa shape index (κ1) is 23.4. The van der Waals surface area contributed by atoms with E-state index in [-0.39, 0.29) is 21.8 Å². The topological polar surface area (TPSA) is 128 Å². The van der Waals surface area contributed by atoms with E-state index in [9.17, 15) is 23.3 Å². The van der Waals surface area contributed by atoms with Gasteiger partial charge in [0.05, 0.1) is 11.1 Å². The van der Waals surface area contributed by atoms with Crippen LogP contribution in [0, 0.1) is 10.1 Å². The van der Waals surface area contributed by atoms with E-state index in [0.717, 1.165) is 6.07 Å². The van der Waals surface area contributed by atoms with Crippen molar-refractivity contribution in [1.29, 1.82) is 0 Å². The molecule has 0 bridgehead atoms. The molecule has 0 aliphatic carbocycles. The average Bonchev–Trinajstić information content (AvgIpc) is 2.75. The van der Waals surface area contributed by atoms with E-state index in [2.05, 4.69) is 26.5 Å². The first-order chi connectivity index (χ1) is 15.2. The summed E-state index contributed by atoms with van der Waals surface area (Å²) >= 11 is 9.13. The second kappa shape index (κ2) is 9.90. The van der Waals surface area contributed by atoms with Crippen molar-refractivity contribution in [1.82, 2.24) is 5.43 Å². The standard InChI is InChI=1S/C20H13BrClN3O6S/c21-15-7-8-19(31-32(29,30)18-6-2-5-17(11-18)25(27)28)14(9-15)12-23-24-20(26)13-3-1-4-16(22)10-13/h1-12H,(H,24,26)/b23-12-. The van der Waals surface area contributed by atoms with Crippen LogP contribution in [-0.4, -0.2) is 25.5 Å². The van der Waals surface area contributed by atoms with Crippen molar-refractivity contribution < 1.29 is 22.3 Å². The Morgan fingerprint density at radius 1 is 1.12 bits per heavy atom. The molecular formula is C20H13BrClN3O6S. The third-order valence-corrected chi connectivity index (χ3v) is 5.90. The molecule has 164 valence electrons. The molecule has 0 radical (unpaired) electrons. The minimum atomic E-state index is -4.38. The van der Waals surface area contributed by atoms with Crippen LogP contribution in [0.25, 0.3) is 0 Å². The first-order valence-electron chi connectivity index (χ1n) is 8.73. The molecule has 12 heteroatoms. The highest BCUT2D eigenvalue weighted by atomic mass is 79.9. The summed E-state index contributed by atoms with van der Waals surface area (Å²) in [7, 11) is -4.38. The maximum atomic E-state index is 12.6. The minimum Gasteiger partial charge on any atom is -0.378 e. The third-order valence-electron chi connectivity index (χ3n) is 3.94. The molecule has 0 atom stereocenters. The summed E-state index contributed by atoms with van der Waals surface area (Å²) in [5.41, 5.74) is 2.43. The van der Waals surface area contributed by atoms with E-state index >= 15 is 0 Å². The Hall–Kier alpha value is -3.28. The molecule has 0 aliphatic heterocycles. The van der Waals surface area contributed by atoms with Gasteiger partial charge in [0, 0.05) is 32.8 Å². The predicted molar refractivity (Wildman–Crippen MR) is 122 cm³/mol. The quantitative estimate of drug-likeness (QED) is 0.203. The number of non-ortho nitro benzene ring substituents is 1. The molecule has 3 aromatic rings. The molecule has 32 heavy (non-hydrogen) atoms. The van der Waals surface area contributed by atoms with Crippen molar-refractivity contribution in [3.63, 3.8) is 0 Å². The Bertz CT molecular complexity index is 1330. The van der Waals surface area contributed by atoms with Gasteiger partial charge in [0.1, 0.15) is 4.90 Å². The lowest BCUT2D eigenvalue weighted by atomic mass is 10.2. The predicted octanol–water partition coefficient (Wildman–Crippen LogP) is 4.54. The highest BCUT2D eigenvalue weighted by Crippen LogP contribution is 2.26. The number of rotatable bonds is 7. The van der Waals surface area contributed by atoms with E-state index in [1.54, 1.807) is 24.3 Å². The lowest BCUT2D eigenvalue weighted by Gasteiger charge is -2.10. The monoisotopic (exact) mass is 537 g/mol. The van der Waals surface area contributed by atoms with Crippen LogP contribution in [0.1, 0.15) is 15.9 Å². The fourth-order valence-corrected chi connectivity index (χ4v) is 4.03. The van der Waals surface area contributed by atoms with E-state index in [0.29, 0.717) is 9.50 Å². The van der Waals surface area contributed by atoms with Crippen molar-refractivity contribution >= 4 is 55.5 Å². The number of hydrazone groups is 1. The Kier molecular flexibility index (Phi) is 7.23. The van der Waals surface area contributed by atoms with Crippen LogP contribution in [-0.2, 0) is 10.1 Å². The molecule has 0 heterocycles. The summed E-state index contributed by atoms with van der Waals surface area (Å²) in [5, 5.41) is 15.2. The molecule has 1 amide bonds. The normalized spacial score (nSPS) is 11.3. The SMILES string of the molecule is O=C(N/N=C\c1cc(Br)ccc1OS(=O)(=O)c1cccc([N+](=O)[O-])c1)c1cccc(Cl)c1. The maximum Gasteiger partial charge on any atom is 0.339 e. The molecule has 3 aromatic carbocycles. The zero-order valence-corrected chi connectivity index (χ0v) is 19.1. The van der Waals surface area contributed by atoms with Gasteiger partial charge >= 0.3 is 10.1 Å². The molecule has 3 rings (SSSR count). The summed E-state index contributed by atoms with van der Waals surface area (Å²) in [6, 6.07) is 15.2. The number of nitrogens with zero attached hydrogens (tertiary/aromatic N) is 2. The Morgan fingerprint density at radius 2 is 1.88 bits per heavy atom. The molecule has 0 aromatic heterocycles. The molecule has 0 aliphatic rings. The molecule has 9 nitrogen and oxygen atoms in total. The zero-order valence-electron chi connectivity index (χ0n) is 15.9. The van der Waals surface area contributed by atoms with E-state index in [1.165, 1.54) is 42.6 Å². The smallest absolute Gasteiger partial charge is 0.339 e. The van der Waals surface area contributed by atoms with Gasteiger partial charge in [-0.2, -0.15) is 13.5 Å². The number of hydrogen-bond donors (Lipinski definition) is 1. The fraction of sp³-hybridized carbons (Fsp3) is 0. The lowest BCUT2D eigenvalue weighted by Crippen LogP contribution is -2.17. The highest BCUT2D eigenvalue weighted by Gasteiger charge is 2.21. The number of nitro groups is 1. The van der Waals surface area contributed by atoms with Crippen LogP contribution < -0.4 is 9.61 Å². The highest BCUT2D eigenvalue weighted by molar-refractivity contribution is 9.10. The minimum absolute atomic E-state index is 0.0968. The molecule has 0 fully saturated rings. The van der Waals surface area contributed by atoms with Crippen LogP contribution >= 0.6 is 27.5 Å². The summed E-state index contributed by atoms with van der Waals surface area (Å²) in [5.74, 6) is -0.620. The first-order valence-corrected chi connectivity index (χ1v) is 11.3. The van der Waals surface area contributed by atoms with Crippen LogP contribution in [0.2, 0.25) is 5.02 Å². The molecule has 1 N–H and O–H groups in total. The Morgan fingerprint density at radius 3 is 2.59 bits per heavy atom. The zero-order chi connectivity index (χ0) is 23.3. The van der Waals surface area contributed by atoms with Crippen molar-refractivity contribution in [3.8, 4) is 5.75 Å². The molecule has 0 unspecified atom stereocenters. The van der Waals surface area contributed by atoms with Gasteiger partial charge in [-0.25, -0.2) is 5.43 Å². The summed E-state index contributed by atoms with van der Waals surface area (Å²) in [6.07, 6.45) is 1.20. The largest absolute Gasteiger partial charge is 0.378 e. The lowest BCUT2D eigenvalue weighted by molar-refractivity contribution is -0.385. The van der Waals surface area contributed by atoms with Gasteiger partial charge < -0.3 is 4.18 Å². The van der Waals surface area contributed by atoms with Gasteiger partial charge in [-0.1, -0.05) is 39.7 Å². The van der Waals surface area contributed by atoms with Crippen LogP contribution in [0.3, 0.4) is 0 Å². The molecule has 0 spiro atoms. The van der Waals surface area contributed by atoms with Gasteiger partial charge in [0.2, 0.25) is 0 Å². The second-order valence-corrected chi connectivity index (χ2v) is 9.08. The van der Waals surface area contributed by atoms with Gasteiger partial charge in [-0.05, 0) is 42.5 Å². The maximum absolute atomic E-state index is 12.6. The van der Waals surface area contributed by atoms with E-state index in [1.807, 2.05) is 0 Å². The summed E-state index contributed by atoms with van der Waals surface area (Å²) in [6.45, 7) is 0. The third kappa shape index (κ3) is 5.90. The molecular weight excluding hydrogens is 526 g/mol. The number of nitro benzene ring substituents is 1. The van der Waals surface area contributed by atoms with Crippen molar-refractivity contribution in [2.24, 2.45) is 5.10 Å². The average molecular weight is 539 g/mol. The van der Waals surface area contributed by atoms with Crippen LogP contribution in [0.4, 0.5) is 5.69 Å². The van der Waals surface area contributed by atoms with Crippen molar-refractivity contribution in [3.05, 3.63) is 97.5 Å². The van der Waals surface area contributed by atoms with Gasteiger partial charge in [-0.15, -0.1) is 0 Å². The number of amides is 1. The number of carbonyl (C=O) groups is 1. The van der Waals surface area contributed by atoms with Crippen LogP contribution in [0.5, 0.6) is 5.75 Å². The molecule has 0 saturated heterocycles. The van der Waals surface area contributed by atoms with Crippen molar-refractivity contribution in [2.75, 3.05) is 0 Å². The van der Waals surface area contributed by atoms with Gasteiger partial charge in [-0.3, -0.25) is 14.9 Å². The summed E-state index contributed by atoms with van der Waals surface area (Å²) in [4.78, 5) is 22.0. The number of nitrogens with one attached hydrogen (secondary N) is 1. The van der Waals surface area contributed by atoms with Gasteiger partial charge in [0.25, 0.3) is 11.6 Å². The Labute approximate surface area is 196 Å². The van der Waals surface area contributed by atoms with Crippen molar-refractivity contribution in [2.45, 2.75) is 4.90 Å². The summed E-state index contributed by atoms with van der Waals surface area (Å²) < 4.78 is 31.0.